The van der Waals surface area contributed by atoms with E-state index in [9.17, 15) is 22.8 Å². The molecule has 1 amide bonds. The number of aromatic carboxylic acids is 1. The molecule has 0 aliphatic rings. The van der Waals surface area contributed by atoms with Crippen LogP contribution in [0.25, 0.3) is 11.1 Å². The van der Waals surface area contributed by atoms with Crippen LogP contribution in [0, 0.1) is 0 Å². The molecule has 0 radical (unpaired) electrons. The Balaban J connectivity index is 1.80. The lowest BCUT2D eigenvalue weighted by Crippen LogP contribution is -2.23. The smallest absolute Gasteiger partial charge is 0.416 e. The molecule has 29 heavy (non-hydrogen) atoms. The third-order valence-electron chi connectivity index (χ3n) is 4.32. The van der Waals surface area contributed by atoms with Crippen LogP contribution in [0.15, 0.2) is 72.8 Å². The summed E-state index contributed by atoms with van der Waals surface area (Å²) in [6, 6.07) is 17.4. The van der Waals surface area contributed by atoms with Gasteiger partial charge in [-0.05, 0) is 47.0 Å². The predicted octanol–water partition coefficient (Wildman–Crippen LogP) is 5.00. The van der Waals surface area contributed by atoms with Crippen LogP contribution >= 0.6 is 0 Å². The van der Waals surface area contributed by atoms with Crippen LogP contribution in [0.4, 0.5) is 13.2 Å². The fraction of sp³-hybridized carbons (Fsp3) is 0.0909. The number of rotatable bonds is 5. The van der Waals surface area contributed by atoms with Gasteiger partial charge in [0.2, 0.25) is 0 Å². The number of hydrogen-bond acceptors (Lipinski definition) is 2. The van der Waals surface area contributed by atoms with E-state index in [4.69, 9.17) is 5.11 Å². The lowest BCUT2D eigenvalue weighted by atomic mass is 9.98. The fourth-order valence-electron chi connectivity index (χ4n) is 2.86. The summed E-state index contributed by atoms with van der Waals surface area (Å²) in [7, 11) is 0. The van der Waals surface area contributed by atoms with Gasteiger partial charge in [-0.15, -0.1) is 0 Å². The number of hydrogen-bond donors (Lipinski definition) is 2. The quantitative estimate of drug-likeness (QED) is 0.635. The second-order valence-corrected chi connectivity index (χ2v) is 6.31. The zero-order valence-corrected chi connectivity index (χ0v) is 15.0. The van der Waals surface area contributed by atoms with Crippen molar-refractivity contribution < 1.29 is 27.9 Å². The molecule has 0 aliphatic carbocycles. The van der Waals surface area contributed by atoms with Crippen molar-refractivity contribution in [1.29, 1.82) is 0 Å². The molecule has 0 unspecified atom stereocenters. The highest BCUT2D eigenvalue weighted by Crippen LogP contribution is 2.31. The third-order valence-corrected chi connectivity index (χ3v) is 4.32. The van der Waals surface area contributed by atoms with Crippen LogP contribution in [-0.4, -0.2) is 17.0 Å². The summed E-state index contributed by atoms with van der Waals surface area (Å²) in [5.41, 5.74) is 1.25. The van der Waals surface area contributed by atoms with Gasteiger partial charge in [0.25, 0.3) is 5.91 Å². The zero-order valence-electron chi connectivity index (χ0n) is 15.0. The monoisotopic (exact) mass is 399 g/mol. The number of benzene rings is 3. The summed E-state index contributed by atoms with van der Waals surface area (Å²) in [4.78, 5) is 23.7. The third kappa shape index (κ3) is 4.82. The molecule has 3 rings (SSSR count). The summed E-state index contributed by atoms with van der Waals surface area (Å²) >= 11 is 0. The summed E-state index contributed by atoms with van der Waals surface area (Å²) < 4.78 is 38.3. The number of amides is 1. The average molecular weight is 399 g/mol. The largest absolute Gasteiger partial charge is 0.478 e. The molecule has 0 fully saturated rings. The number of carboxylic acid groups (broad SMARTS) is 1. The maximum Gasteiger partial charge on any atom is 0.416 e. The normalized spacial score (nSPS) is 11.1. The van der Waals surface area contributed by atoms with E-state index in [1.807, 2.05) is 0 Å². The molecule has 0 spiro atoms. The van der Waals surface area contributed by atoms with Crippen molar-refractivity contribution >= 4 is 11.9 Å². The van der Waals surface area contributed by atoms with Gasteiger partial charge < -0.3 is 10.4 Å². The lowest BCUT2D eigenvalue weighted by molar-refractivity contribution is -0.137. The Morgan fingerprint density at radius 1 is 0.897 bits per heavy atom. The van der Waals surface area contributed by atoms with Gasteiger partial charge in [-0.2, -0.15) is 13.2 Å². The molecule has 0 aliphatic heterocycles. The molecule has 0 bridgehead atoms. The number of carboxylic acids is 1. The second kappa shape index (κ2) is 8.18. The van der Waals surface area contributed by atoms with Gasteiger partial charge in [-0.1, -0.05) is 42.5 Å². The first-order valence-corrected chi connectivity index (χ1v) is 8.63. The predicted molar refractivity (Wildman–Crippen MR) is 101 cm³/mol. The minimum atomic E-state index is -4.43. The Morgan fingerprint density at radius 2 is 1.59 bits per heavy atom. The first-order valence-electron chi connectivity index (χ1n) is 8.63. The fourth-order valence-corrected chi connectivity index (χ4v) is 2.86. The number of halogens is 3. The van der Waals surface area contributed by atoms with Crippen LogP contribution in [0.5, 0.6) is 0 Å². The van der Waals surface area contributed by atoms with Crippen LogP contribution < -0.4 is 5.32 Å². The van der Waals surface area contributed by atoms with E-state index in [-0.39, 0.29) is 12.1 Å². The Labute approximate surface area is 164 Å². The molecule has 0 saturated heterocycles. The van der Waals surface area contributed by atoms with Crippen molar-refractivity contribution in [3.8, 4) is 11.1 Å². The molecule has 0 atom stereocenters. The zero-order chi connectivity index (χ0) is 21.0. The molecule has 2 N–H and O–H groups in total. The number of carbonyl (C=O) groups is 2. The number of carbonyl (C=O) groups excluding carboxylic acids is 1. The molecule has 0 heterocycles. The molecule has 148 valence electrons. The van der Waals surface area contributed by atoms with E-state index in [1.165, 1.54) is 24.3 Å². The molecule has 7 heteroatoms. The highest BCUT2D eigenvalue weighted by molar-refractivity contribution is 6.00. The first kappa shape index (κ1) is 20.1. The van der Waals surface area contributed by atoms with Gasteiger partial charge >= 0.3 is 12.1 Å². The molecule has 0 saturated carbocycles. The van der Waals surface area contributed by atoms with Gasteiger partial charge in [-0.3, -0.25) is 4.79 Å². The second-order valence-electron chi connectivity index (χ2n) is 6.31. The van der Waals surface area contributed by atoms with Gasteiger partial charge in [0.1, 0.15) is 0 Å². The van der Waals surface area contributed by atoms with E-state index < -0.39 is 23.6 Å². The van der Waals surface area contributed by atoms with Crippen molar-refractivity contribution in [3.05, 3.63) is 95.1 Å². The molecular weight excluding hydrogens is 383 g/mol. The van der Waals surface area contributed by atoms with E-state index in [2.05, 4.69) is 5.32 Å². The van der Waals surface area contributed by atoms with Crippen molar-refractivity contribution in [1.82, 2.24) is 5.32 Å². The Bertz CT molecular complexity index is 1040. The maximum absolute atomic E-state index is 12.8. The average Bonchev–Trinajstić information content (AvgIpc) is 2.71. The molecule has 3 aromatic rings. The van der Waals surface area contributed by atoms with E-state index in [0.29, 0.717) is 22.3 Å². The van der Waals surface area contributed by atoms with E-state index >= 15 is 0 Å². The SMILES string of the molecule is O=C(O)c1cccc(CNC(=O)c2ccccc2-c2ccc(C(F)(F)F)cc2)c1. The standard InChI is InChI=1S/C22H16F3NO3/c23-22(24,25)17-10-8-15(9-11-17)18-6-1-2-7-19(18)20(27)26-13-14-4-3-5-16(12-14)21(28)29/h1-12H,13H2,(H,26,27)(H,28,29). The van der Waals surface area contributed by atoms with Crippen molar-refractivity contribution in [3.63, 3.8) is 0 Å². The summed E-state index contributed by atoms with van der Waals surface area (Å²) in [6.45, 7) is 0.112. The summed E-state index contributed by atoms with van der Waals surface area (Å²) in [5.74, 6) is -1.48. The molecule has 3 aromatic carbocycles. The lowest BCUT2D eigenvalue weighted by Gasteiger charge is -2.12. The van der Waals surface area contributed by atoms with Gasteiger partial charge in [0, 0.05) is 12.1 Å². The van der Waals surface area contributed by atoms with Gasteiger partial charge in [-0.25, -0.2) is 4.79 Å². The molecule has 4 nitrogen and oxygen atoms in total. The van der Waals surface area contributed by atoms with Crippen molar-refractivity contribution in [2.45, 2.75) is 12.7 Å². The number of nitrogens with one attached hydrogen (secondary N) is 1. The number of alkyl halides is 3. The van der Waals surface area contributed by atoms with Crippen LogP contribution in [0.3, 0.4) is 0 Å². The summed E-state index contributed by atoms with van der Waals surface area (Å²) in [5, 5.41) is 11.8. The van der Waals surface area contributed by atoms with E-state index in [1.54, 1.807) is 36.4 Å². The molecule has 0 aromatic heterocycles. The maximum atomic E-state index is 12.8. The minimum absolute atomic E-state index is 0.112. The topological polar surface area (TPSA) is 66.4 Å². The van der Waals surface area contributed by atoms with Gasteiger partial charge in [0.15, 0.2) is 0 Å². The highest BCUT2D eigenvalue weighted by atomic mass is 19.4. The van der Waals surface area contributed by atoms with Gasteiger partial charge in [0.05, 0.1) is 11.1 Å². The Morgan fingerprint density at radius 3 is 2.24 bits per heavy atom. The van der Waals surface area contributed by atoms with Crippen molar-refractivity contribution in [2.24, 2.45) is 0 Å². The Kier molecular flexibility index (Phi) is 5.68. The highest BCUT2D eigenvalue weighted by Gasteiger charge is 2.30. The first-order chi connectivity index (χ1) is 13.8. The van der Waals surface area contributed by atoms with Crippen LogP contribution in [0.2, 0.25) is 0 Å². The van der Waals surface area contributed by atoms with Crippen molar-refractivity contribution in [2.75, 3.05) is 0 Å². The van der Waals surface area contributed by atoms with Crippen LogP contribution in [0.1, 0.15) is 31.8 Å². The van der Waals surface area contributed by atoms with Crippen LogP contribution in [-0.2, 0) is 12.7 Å². The van der Waals surface area contributed by atoms with E-state index in [0.717, 1.165) is 12.1 Å². The minimum Gasteiger partial charge on any atom is -0.478 e. The summed E-state index contributed by atoms with van der Waals surface area (Å²) in [6.07, 6.45) is -4.43. The molecular formula is C22H16F3NO3. The Hall–Kier alpha value is -3.61.